The Morgan fingerprint density at radius 3 is 2.61 bits per heavy atom. The number of hydrogen-bond acceptors (Lipinski definition) is 6. The smallest absolute Gasteiger partial charge is 0.222 e. The summed E-state index contributed by atoms with van der Waals surface area (Å²) in [5.74, 6) is 0.317. The standard InChI is InChI=1S/C11H11ClN6/c1-6-9(10(13)16-11(14)15-6)18-17-8-4-2-3-7(12)5-8/h2-5H,1H3,(H4,13,14,15,16). The van der Waals surface area contributed by atoms with Crippen molar-refractivity contribution < 1.29 is 0 Å². The maximum atomic E-state index is 5.84. The van der Waals surface area contributed by atoms with Gasteiger partial charge >= 0.3 is 0 Å². The molecule has 7 heteroatoms. The van der Waals surface area contributed by atoms with Gasteiger partial charge in [-0.3, -0.25) is 0 Å². The van der Waals surface area contributed by atoms with E-state index in [1.54, 1.807) is 31.2 Å². The van der Waals surface area contributed by atoms with Crippen LogP contribution in [0.15, 0.2) is 34.5 Å². The molecule has 6 nitrogen and oxygen atoms in total. The van der Waals surface area contributed by atoms with Gasteiger partial charge in [0.2, 0.25) is 5.95 Å². The Morgan fingerprint density at radius 2 is 1.94 bits per heavy atom. The van der Waals surface area contributed by atoms with Crippen LogP contribution >= 0.6 is 11.6 Å². The molecular weight excluding hydrogens is 252 g/mol. The monoisotopic (exact) mass is 262 g/mol. The number of halogens is 1. The van der Waals surface area contributed by atoms with Gasteiger partial charge in [0.1, 0.15) is 5.69 Å². The number of hydrogen-bond donors (Lipinski definition) is 2. The Balaban J connectivity index is 2.35. The van der Waals surface area contributed by atoms with Crippen LogP contribution in [0.1, 0.15) is 5.69 Å². The quantitative estimate of drug-likeness (QED) is 0.812. The van der Waals surface area contributed by atoms with Crippen LogP contribution in [0.4, 0.5) is 23.1 Å². The molecule has 4 N–H and O–H groups in total. The van der Waals surface area contributed by atoms with Gasteiger partial charge in [-0.05, 0) is 25.1 Å². The molecule has 18 heavy (non-hydrogen) atoms. The molecule has 0 aliphatic carbocycles. The van der Waals surface area contributed by atoms with Crippen molar-refractivity contribution in [3.05, 3.63) is 35.0 Å². The average Bonchev–Trinajstić information content (AvgIpc) is 2.27. The van der Waals surface area contributed by atoms with Gasteiger partial charge < -0.3 is 11.5 Å². The first-order chi connectivity index (χ1) is 8.56. The molecule has 92 valence electrons. The first kappa shape index (κ1) is 12.3. The molecule has 0 aliphatic heterocycles. The lowest BCUT2D eigenvalue weighted by molar-refractivity contribution is 1.09. The summed E-state index contributed by atoms with van der Waals surface area (Å²) in [7, 11) is 0. The molecule has 0 amide bonds. The number of aryl methyl sites for hydroxylation is 1. The lowest BCUT2D eigenvalue weighted by Gasteiger charge is -2.02. The molecule has 0 atom stereocenters. The molecule has 0 spiro atoms. The molecule has 0 saturated heterocycles. The van der Waals surface area contributed by atoms with E-state index in [1.807, 2.05) is 0 Å². The van der Waals surface area contributed by atoms with Crippen molar-refractivity contribution in [2.75, 3.05) is 11.5 Å². The third kappa shape index (κ3) is 2.72. The molecule has 0 radical (unpaired) electrons. The van der Waals surface area contributed by atoms with Gasteiger partial charge in [0.05, 0.1) is 11.4 Å². The van der Waals surface area contributed by atoms with Crippen LogP contribution in [-0.2, 0) is 0 Å². The second-order valence-corrected chi connectivity index (χ2v) is 4.02. The molecule has 2 aromatic rings. The number of nitrogens with two attached hydrogens (primary N) is 2. The van der Waals surface area contributed by atoms with Gasteiger partial charge in [0, 0.05) is 5.02 Å². The molecule has 2 rings (SSSR count). The Kier molecular flexibility index (Phi) is 3.38. The van der Waals surface area contributed by atoms with Crippen molar-refractivity contribution >= 4 is 34.7 Å². The summed E-state index contributed by atoms with van der Waals surface area (Å²) in [5, 5.41) is 8.63. The fourth-order valence-corrected chi connectivity index (χ4v) is 1.57. The van der Waals surface area contributed by atoms with Crippen molar-refractivity contribution in [1.29, 1.82) is 0 Å². The molecule has 1 heterocycles. The lowest BCUT2D eigenvalue weighted by Crippen LogP contribution is -2.01. The van der Waals surface area contributed by atoms with E-state index in [0.717, 1.165) is 0 Å². The second kappa shape index (κ2) is 4.97. The average molecular weight is 263 g/mol. The fraction of sp³-hybridized carbons (Fsp3) is 0.0909. The van der Waals surface area contributed by atoms with Gasteiger partial charge in [0.15, 0.2) is 5.82 Å². The van der Waals surface area contributed by atoms with Gasteiger partial charge in [0.25, 0.3) is 0 Å². The number of azo groups is 1. The third-order valence-electron chi connectivity index (χ3n) is 2.18. The predicted octanol–water partition coefficient (Wildman–Crippen LogP) is 3.02. The largest absolute Gasteiger partial charge is 0.382 e. The minimum absolute atomic E-state index is 0.117. The summed E-state index contributed by atoms with van der Waals surface area (Å²) in [5.41, 5.74) is 12.8. The number of rotatable bonds is 2. The first-order valence-electron chi connectivity index (χ1n) is 5.13. The molecule has 0 saturated carbocycles. The Hall–Kier alpha value is -2.21. The van der Waals surface area contributed by atoms with Crippen molar-refractivity contribution in [3.8, 4) is 0 Å². The Labute approximate surface area is 109 Å². The molecule has 0 aliphatic rings. The minimum Gasteiger partial charge on any atom is -0.382 e. The maximum absolute atomic E-state index is 5.84. The third-order valence-corrected chi connectivity index (χ3v) is 2.41. The molecular formula is C11H11ClN6. The van der Waals surface area contributed by atoms with E-state index in [1.165, 1.54) is 0 Å². The highest BCUT2D eigenvalue weighted by Gasteiger charge is 2.06. The van der Waals surface area contributed by atoms with Crippen LogP contribution in [0.25, 0.3) is 0 Å². The van der Waals surface area contributed by atoms with Crippen molar-refractivity contribution in [1.82, 2.24) is 9.97 Å². The van der Waals surface area contributed by atoms with Crippen molar-refractivity contribution in [2.24, 2.45) is 10.2 Å². The topological polar surface area (TPSA) is 103 Å². The van der Waals surface area contributed by atoms with Crippen LogP contribution in [-0.4, -0.2) is 9.97 Å². The summed E-state index contributed by atoms with van der Waals surface area (Å²) in [6.45, 7) is 1.74. The highest BCUT2D eigenvalue weighted by atomic mass is 35.5. The normalized spacial score (nSPS) is 11.0. The van der Waals surface area contributed by atoms with Gasteiger partial charge in [-0.15, -0.1) is 5.11 Å². The summed E-state index contributed by atoms with van der Waals surface area (Å²) >= 11 is 5.84. The summed E-state index contributed by atoms with van der Waals surface area (Å²) in [4.78, 5) is 7.80. The van der Waals surface area contributed by atoms with Crippen LogP contribution in [0.3, 0.4) is 0 Å². The summed E-state index contributed by atoms with van der Waals surface area (Å²) < 4.78 is 0. The number of nitrogens with zero attached hydrogens (tertiary/aromatic N) is 4. The highest BCUT2D eigenvalue weighted by Crippen LogP contribution is 2.27. The van der Waals surface area contributed by atoms with Crippen LogP contribution < -0.4 is 11.5 Å². The predicted molar refractivity (Wildman–Crippen MR) is 71.2 cm³/mol. The number of anilines is 2. The fourth-order valence-electron chi connectivity index (χ4n) is 1.38. The number of benzene rings is 1. The summed E-state index contributed by atoms with van der Waals surface area (Å²) in [6, 6.07) is 7.01. The summed E-state index contributed by atoms with van der Waals surface area (Å²) in [6.07, 6.45) is 0. The number of aromatic nitrogens is 2. The van der Waals surface area contributed by atoms with Crippen molar-refractivity contribution in [3.63, 3.8) is 0 Å². The van der Waals surface area contributed by atoms with E-state index < -0.39 is 0 Å². The highest BCUT2D eigenvalue weighted by molar-refractivity contribution is 6.30. The minimum atomic E-state index is 0.117. The van der Waals surface area contributed by atoms with Crippen LogP contribution in [0.5, 0.6) is 0 Å². The van der Waals surface area contributed by atoms with Gasteiger partial charge in [-0.25, -0.2) is 4.98 Å². The lowest BCUT2D eigenvalue weighted by atomic mass is 10.3. The van der Waals surface area contributed by atoms with Crippen LogP contribution in [0.2, 0.25) is 5.02 Å². The Morgan fingerprint density at radius 1 is 1.17 bits per heavy atom. The van der Waals surface area contributed by atoms with E-state index >= 15 is 0 Å². The SMILES string of the molecule is Cc1nc(N)nc(N)c1N=Nc1cccc(Cl)c1. The zero-order chi connectivity index (χ0) is 13.1. The molecule has 0 fully saturated rings. The zero-order valence-corrected chi connectivity index (χ0v) is 10.4. The molecule has 1 aromatic carbocycles. The van der Waals surface area contributed by atoms with Crippen LogP contribution in [0, 0.1) is 6.92 Å². The van der Waals surface area contributed by atoms with E-state index in [0.29, 0.717) is 22.1 Å². The zero-order valence-electron chi connectivity index (χ0n) is 9.63. The molecule has 0 unspecified atom stereocenters. The second-order valence-electron chi connectivity index (χ2n) is 3.58. The van der Waals surface area contributed by atoms with E-state index in [4.69, 9.17) is 23.1 Å². The van der Waals surface area contributed by atoms with Crippen molar-refractivity contribution in [2.45, 2.75) is 6.92 Å². The van der Waals surface area contributed by atoms with E-state index in [9.17, 15) is 0 Å². The first-order valence-corrected chi connectivity index (χ1v) is 5.51. The van der Waals surface area contributed by atoms with E-state index in [2.05, 4.69) is 20.2 Å². The number of nitrogen functional groups attached to an aromatic ring is 2. The molecule has 0 bridgehead atoms. The van der Waals surface area contributed by atoms with Gasteiger partial charge in [-0.1, -0.05) is 17.7 Å². The maximum Gasteiger partial charge on any atom is 0.222 e. The van der Waals surface area contributed by atoms with E-state index in [-0.39, 0.29) is 11.8 Å². The van der Waals surface area contributed by atoms with Gasteiger partial charge in [-0.2, -0.15) is 10.1 Å². The Bertz CT molecular complexity index is 587. The molecule has 1 aromatic heterocycles.